The van der Waals surface area contributed by atoms with E-state index in [1.54, 1.807) is 6.20 Å². The zero-order valence-corrected chi connectivity index (χ0v) is 11.2. The first-order chi connectivity index (χ1) is 8.65. The summed E-state index contributed by atoms with van der Waals surface area (Å²) in [5.74, 6) is 5.68. The molecule has 0 radical (unpaired) electrons. The van der Waals surface area contributed by atoms with E-state index >= 15 is 0 Å². The fraction of sp³-hybridized carbons (Fsp3) is 0.308. The highest BCUT2D eigenvalue weighted by atomic mass is 35.5. The highest BCUT2D eigenvalue weighted by Gasteiger charge is 2.22. The smallest absolute Gasteiger partial charge is 0.0893 e. The first-order valence-electron chi connectivity index (χ1n) is 5.89. The lowest BCUT2D eigenvalue weighted by Gasteiger charge is -2.20. The number of hydrogen-bond acceptors (Lipinski definition) is 3. The van der Waals surface area contributed by atoms with Crippen molar-refractivity contribution in [2.75, 3.05) is 0 Å². The molecule has 5 heteroatoms. The van der Waals surface area contributed by atoms with Crippen molar-refractivity contribution < 1.29 is 0 Å². The average molecular weight is 265 g/mol. The van der Waals surface area contributed by atoms with Gasteiger partial charge in [-0.05, 0) is 19.4 Å². The highest BCUT2D eigenvalue weighted by Crippen LogP contribution is 2.29. The van der Waals surface area contributed by atoms with Gasteiger partial charge in [-0.3, -0.25) is 10.5 Å². The van der Waals surface area contributed by atoms with Crippen LogP contribution < -0.4 is 11.3 Å². The van der Waals surface area contributed by atoms with Crippen molar-refractivity contribution in [1.29, 1.82) is 0 Å². The first kappa shape index (κ1) is 13.1. The van der Waals surface area contributed by atoms with Gasteiger partial charge in [0.25, 0.3) is 0 Å². The monoisotopic (exact) mass is 264 g/mol. The highest BCUT2D eigenvalue weighted by molar-refractivity contribution is 6.31. The molecule has 0 bridgehead atoms. The maximum atomic E-state index is 6.23. The van der Waals surface area contributed by atoms with Gasteiger partial charge in [0.1, 0.15) is 0 Å². The molecule has 1 heterocycles. The summed E-state index contributed by atoms with van der Waals surface area (Å²) >= 11 is 6.23. The Hall–Kier alpha value is -1.36. The molecule has 0 spiro atoms. The third-order valence-electron chi connectivity index (χ3n) is 2.85. The second-order valence-electron chi connectivity index (χ2n) is 4.43. The number of nitrogens with zero attached hydrogens (tertiary/aromatic N) is 2. The number of nitrogens with two attached hydrogens (primary N) is 1. The third kappa shape index (κ3) is 2.41. The molecule has 0 aliphatic rings. The molecular formula is C13H17ClN4. The van der Waals surface area contributed by atoms with E-state index in [1.807, 2.05) is 35.0 Å². The lowest BCUT2D eigenvalue weighted by molar-refractivity contribution is 0.476. The lowest BCUT2D eigenvalue weighted by Crippen LogP contribution is -2.31. The summed E-state index contributed by atoms with van der Waals surface area (Å²) in [6.07, 6.45) is 1.66. The van der Waals surface area contributed by atoms with Crippen LogP contribution in [0.1, 0.15) is 37.2 Å². The minimum atomic E-state index is -0.163. The molecule has 1 unspecified atom stereocenters. The lowest BCUT2D eigenvalue weighted by atomic mass is 10.0. The zero-order chi connectivity index (χ0) is 13.1. The molecule has 4 nitrogen and oxygen atoms in total. The minimum Gasteiger partial charge on any atom is -0.271 e. The molecule has 0 saturated heterocycles. The number of aromatic nitrogens is 2. The molecule has 0 aliphatic heterocycles. The van der Waals surface area contributed by atoms with E-state index in [9.17, 15) is 0 Å². The van der Waals surface area contributed by atoms with Crippen molar-refractivity contribution in [1.82, 2.24) is 15.2 Å². The van der Waals surface area contributed by atoms with E-state index in [-0.39, 0.29) is 12.1 Å². The van der Waals surface area contributed by atoms with Crippen LogP contribution in [0.4, 0.5) is 0 Å². The van der Waals surface area contributed by atoms with Crippen LogP contribution >= 0.6 is 11.6 Å². The number of benzene rings is 1. The molecule has 96 valence electrons. The maximum absolute atomic E-state index is 6.23. The number of halogens is 1. The Labute approximate surface area is 112 Å². The summed E-state index contributed by atoms with van der Waals surface area (Å²) in [4.78, 5) is 0. The van der Waals surface area contributed by atoms with Crippen LogP contribution in [0.3, 0.4) is 0 Å². The molecule has 3 N–H and O–H groups in total. The van der Waals surface area contributed by atoms with Gasteiger partial charge >= 0.3 is 0 Å². The average Bonchev–Trinajstić information content (AvgIpc) is 2.74. The molecule has 18 heavy (non-hydrogen) atoms. The summed E-state index contributed by atoms with van der Waals surface area (Å²) in [5.41, 5.74) is 4.76. The predicted octanol–water partition coefficient (Wildman–Crippen LogP) is 2.67. The zero-order valence-electron chi connectivity index (χ0n) is 10.5. The minimum absolute atomic E-state index is 0.163. The van der Waals surface area contributed by atoms with Gasteiger partial charge in [-0.15, -0.1) is 0 Å². The van der Waals surface area contributed by atoms with Gasteiger partial charge in [0.15, 0.2) is 0 Å². The largest absolute Gasteiger partial charge is 0.271 e. The topological polar surface area (TPSA) is 55.9 Å². The second-order valence-corrected chi connectivity index (χ2v) is 4.83. The van der Waals surface area contributed by atoms with Crippen molar-refractivity contribution in [2.24, 2.45) is 5.84 Å². The van der Waals surface area contributed by atoms with E-state index in [4.69, 9.17) is 17.4 Å². The van der Waals surface area contributed by atoms with E-state index in [0.717, 1.165) is 11.3 Å². The van der Waals surface area contributed by atoms with Gasteiger partial charge in [-0.25, -0.2) is 5.43 Å². The summed E-state index contributed by atoms with van der Waals surface area (Å²) < 4.78 is 1.89. The molecule has 1 atom stereocenters. The Morgan fingerprint density at radius 1 is 1.28 bits per heavy atom. The van der Waals surface area contributed by atoms with Gasteiger partial charge < -0.3 is 0 Å². The van der Waals surface area contributed by atoms with Crippen LogP contribution in [0, 0.1) is 0 Å². The number of hydrogen-bond donors (Lipinski definition) is 2. The number of nitrogens with one attached hydrogen (secondary N) is 1. The van der Waals surface area contributed by atoms with Gasteiger partial charge in [-0.1, -0.05) is 41.9 Å². The van der Waals surface area contributed by atoms with Crippen LogP contribution in [-0.4, -0.2) is 9.78 Å². The summed E-state index contributed by atoms with van der Waals surface area (Å²) in [6.45, 7) is 4.12. The molecule has 2 rings (SSSR count). The fourth-order valence-corrected chi connectivity index (χ4v) is 2.25. The molecule has 1 aromatic heterocycles. The molecule has 0 amide bonds. The SMILES string of the molecule is CC(C)n1ncc(Cl)c1C(NN)c1ccccc1. The van der Waals surface area contributed by atoms with Gasteiger partial charge in [0.2, 0.25) is 0 Å². The van der Waals surface area contributed by atoms with Crippen LogP contribution in [0.2, 0.25) is 5.02 Å². The third-order valence-corrected chi connectivity index (χ3v) is 3.14. The molecule has 0 fully saturated rings. The summed E-state index contributed by atoms with van der Waals surface area (Å²) in [5, 5.41) is 4.92. The van der Waals surface area contributed by atoms with Crippen LogP contribution in [0.5, 0.6) is 0 Å². The van der Waals surface area contributed by atoms with Crippen molar-refractivity contribution in [3.8, 4) is 0 Å². The van der Waals surface area contributed by atoms with Crippen LogP contribution in [0.15, 0.2) is 36.5 Å². The maximum Gasteiger partial charge on any atom is 0.0893 e. The molecule has 1 aromatic carbocycles. The van der Waals surface area contributed by atoms with E-state index in [1.165, 1.54) is 0 Å². The molecule has 0 saturated carbocycles. The quantitative estimate of drug-likeness (QED) is 0.659. The van der Waals surface area contributed by atoms with Crippen molar-refractivity contribution in [3.63, 3.8) is 0 Å². The normalized spacial score (nSPS) is 12.9. The Morgan fingerprint density at radius 3 is 2.50 bits per heavy atom. The van der Waals surface area contributed by atoms with Crippen molar-refractivity contribution in [2.45, 2.75) is 25.9 Å². The second kappa shape index (κ2) is 5.52. The Kier molecular flexibility index (Phi) is 4.01. The predicted molar refractivity (Wildman–Crippen MR) is 73.2 cm³/mol. The van der Waals surface area contributed by atoms with E-state index < -0.39 is 0 Å². The Morgan fingerprint density at radius 2 is 1.94 bits per heavy atom. The summed E-state index contributed by atoms with van der Waals surface area (Å²) in [6, 6.07) is 10.0. The van der Waals surface area contributed by atoms with Gasteiger partial charge in [0, 0.05) is 6.04 Å². The van der Waals surface area contributed by atoms with Gasteiger partial charge in [-0.2, -0.15) is 5.10 Å². The Balaban J connectivity index is 2.48. The molecular weight excluding hydrogens is 248 g/mol. The number of hydrazine groups is 1. The molecule has 2 aromatic rings. The van der Waals surface area contributed by atoms with Crippen molar-refractivity contribution in [3.05, 3.63) is 52.8 Å². The van der Waals surface area contributed by atoms with E-state index in [2.05, 4.69) is 24.4 Å². The van der Waals surface area contributed by atoms with E-state index in [0.29, 0.717) is 5.02 Å². The number of rotatable bonds is 4. The fourth-order valence-electron chi connectivity index (χ4n) is 2.01. The molecule has 0 aliphatic carbocycles. The standard InChI is InChI=1S/C13H17ClN4/c1-9(2)18-13(11(14)8-16-18)12(17-15)10-6-4-3-5-7-10/h3-9,12,17H,15H2,1-2H3. The first-order valence-corrected chi connectivity index (χ1v) is 6.27. The van der Waals surface area contributed by atoms with Crippen LogP contribution in [-0.2, 0) is 0 Å². The summed E-state index contributed by atoms with van der Waals surface area (Å²) in [7, 11) is 0. The Bertz CT molecular complexity index is 507. The van der Waals surface area contributed by atoms with Crippen LogP contribution in [0.25, 0.3) is 0 Å². The van der Waals surface area contributed by atoms with Gasteiger partial charge in [0.05, 0.1) is 23.0 Å². The van der Waals surface area contributed by atoms with Crippen molar-refractivity contribution >= 4 is 11.6 Å².